The van der Waals surface area contributed by atoms with Gasteiger partial charge < -0.3 is 9.32 Å². The Morgan fingerprint density at radius 1 is 0.386 bits per heavy atom. The van der Waals surface area contributed by atoms with Gasteiger partial charge in [0.15, 0.2) is 5.58 Å². The number of rotatable bonds is 9. The van der Waals surface area contributed by atoms with Gasteiger partial charge in [0, 0.05) is 22.1 Å². The van der Waals surface area contributed by atoms with Crippen molar-refractivity contribution in [2.24, 2.45) is 0 Å². The van der Waals surface area contributed by atoms with Crippen molar-refractivity contribution in [3.63, 3.8) is 0 Å². The van der Waals surface area contributed by atoms with E-state index in [0.29, 0.717) is 0 Å². The lowest BCUT2D eigenvalue weighted by molar-refractivity contribution is 0.620. The molecule has 2 nitrogen and oxygen atoms in total. The molecule has 0 fully saturated rings. The number of fused-ring (bicyclic) bond motifs is 9. The molecule has 0 spiro atoms. The van der Waals surface area contributed by atoms with E-state index in [2.05, 4.69) is 176 Å². The number of benzene rings is 10. The highest BCUT2D eigenvalue weighted by Crippen LogP contribution is 2.60. The molecule has 2 unspecified atom stereocenters. The van der Waals surface area contributed by atoms with Crippen LogP contribution in [-0.4, -0.2) is 0 Å². The van der Waals surface area contributed by atoms with Gasteiger partial charge in [0.2, 0.25) is 0 Å². The Hall–Kier alpha value is -8.86. The lowest BCUT2D eigenvalue weighted by Gasteiger charge is -2.36. The molecule has 0 saturated carbocycles. The normalized spacial score (nSPS) is 16.4. The van der Waals surface area contributed by atoms with Crippen LogP contribution in [-0.2, 0) is 10.8 Å². The van der Waals surface area contributed by atoms with Crippen LogP contribution >= 0.6 is 0 Å². The topological polar surface area (TPSA) is 16.4 Å². The van der Waals surface area contributed by atoms with Crippen LogP contribution in [0.4, 0.5) is 25.8 Å². The van der Waals surface area contributed by atoms with E-state index >= 15 is 8.78 Å². The van der Waals surface area contributed by atoms with Gasteiger partial charge in [-0.3, -0.25) is 0 Å². The minimum absolute atomic E-state index is 0.306. The molecule has 0 N–H and O–H groups in total. The average molecular weight is 904 g/mol. The molecule has 4 heteroatoms. The van der Waals surface area contributed by atoms with Gasteiger partial charge in [-0.15, -0.1) is 0 Å². The molecular formula is C66H43F2NO. The van der Waals surface area contributed by atoms with Crippen molar-refractivity contribution in [1.29, 1.82) is 0 Å². The zero-order valence-corrected chi connectivity index (χ0v) is 38.0. The first-order chi connectivity index (χ1) is 34.4. The second-order valence-corrected chi connectivity index (χ2v) is 18.3. The van der Waals surface area contributed by atoms with Crippen LogP contribution in [0, 0.1) is 11.6 Å². The van der Waals surface area contributed by atoms with Gasteiger partial charge in [0.05, 0.1) is 16.5 Å². The van der Waals surface area contributed by atoms with Crippen LogP contribution < -0.4 is 4.90 Å². The Morgan fingerprint density at radius 2 is 0.843 bits per heavy atom. The van der Waals surface area contributed by atoms with Gasteiger partial charge in [-0.2, -0.15) is 0 Å². The van der Waals surface area contributed by atoms with Gasteiger partial charge in [0.1, 0.15) is 17.2 Å². The molecule has 0 saturated heterocycles. The summed E-state index contributed by atoms with van der Waals surface area (Å²) in [6, 6.07) is 75.9. The number of para-hydroxylation sites is 2. The van der Waals surface area contributed by atoms with Crippen molar-refractivity contribution in [2.75, 3.05) is 4.90 Å². The summed E-state index contributed by atoms with van der Waals surface area (Å²) in [5, 5.41) is 2.02. The lowest BCUT2D eigenvalue weighted by atomic mass is 9.67. The number of hydrogen-bond donors (Lipinski definition) is 0. The molecule has 70 heavy (non-hydrogen) atoms. The number of nitrogens with zero attached hydrogens (tertiary/aromatic N) is 1. The van der Waals surface area contributed by atoms with Gasteiger partial charge >= 0.3 is 0 Å². The average Bonchev–Trinajstić information content (AvgIpc) is 4.04. The van der Waals surface area contributed by atoms with Gasteiger partial charge in [0.25, 0.3) is 0 Å². The second-order valence-electron chi connectivity index (χ2n) is 18.3. The first kappa shape index (κ1) is 41.3. The monoisotopic (exact) mass is 903 g/mol. The van der Waals surface area contributed by atoms with E-state index in [1.165, 1.54) is 12.1 Å². The molecule has 332 valence electrons. The minimum Gasteiger partial charge on any atom is -0.454 e. The Balaban J connectivity index is 1.13. The summed E-state index contributed by atoms with van der Waals surface area (Å²) in [7, 11) is 0. The largest absolute Gasteiger partial charge is 0.454 e. The van der Waals surface area contributed by atoms with E-state index in [1.54, 1.807) is 12.1 Å². The molecule has 1 aromatic heterocycles. The molecule has 2 aliphatic carbocycles. The van der Waals surface area contributed by atoms with E-state index < -0.39 is 10.8 Å². The third-order valence-corrected chi connectivity index (χ3v) is 14.9. The van der Waals surface area contributed by atoms with Crippen molar-refractivity contribution in [3.8, 4) is 22.3 Å². The van der Waals surface area contributed by atoms with E-state index in [9.17, 15) is 0 Å². The summed E-state index contributed by atoms with van der Waals surface area (Å²) in [5.41, 5.74) is 16.5. The third kappa shape index (κ3) is 5.90. The Morgan fingerprint density at radius 3 is 1.36 bits per heavy atom. The molecule has 10 aromatic carbocycles. The maximum absolute atomic E-state index is 15.8. The SMILES string of the molecule is C=Cc1ccc(C2(c3cccc(F)c3)c3ccccc3-c3ccc(N(c4ccc5c(c4)C(c4ccc(C=C)cc4)(c4cccc(F)c4)c4ccccc4-5)c4cccc5c4oc4ccccc45)cc32)cc1. The molecule has 0 radical (unpaired) electrons. The van der Waals surface area contributed by atoms with Crippen molar-refractivity contribution in [2.45, 2.75) is 10.8 Å². The highest BCUT2D eigenvalue weighted by Gasteiger charge is 2.48. The van der Waals surface area contributed by atoms with E-state index in [-0.39, 0.29) is 11.6 Å². The highest BCUT2D eigenvalue weighted by molar-refractivity contribution is 6.10. The predicted octanol–water partition coefficient (Wildman–Crippen LogP) is 17.3. The molecule has 1 heterocycles. The lowest BCUT2D eigenvalue weighted by Crippen LogP contribution is -2.29. The Bertz CT molecular complexity index is 3720. The van der Waals surface area contributed by atoms with Crippen LogP contribution in [0.15, 0.2) is 242 Å². The highest BCUT2D eigenvalue weighted by atomic mass is 19.1. The molecule has 0 bridgehead atoms. The standard InChI is InChI=1S/C66H43F2NO/c1-3-42-26-30-44(31-27-42)65(46-14-11-16-48(67)38-46)58-22-8-5-18-52(58)54-36-34-50(40-60(54)65)69(62-24-13-21-57-56-20-7-10-25-63(56)70-64(57)62)51-35-37-55-53-19-6-9-23-59(53)66(61(55)41-51,47-15-12-17-49(68)39-47)45-32-28-43(4-2)29-33-45/h3-41H,1-2H2. The fourth-order valence-electron chi connectivity index (χ4n) is 11.9. The molecular weight excluding hydrogens is 861 g/mol. The van der Waals surface area contributed by atoms with E-state index in [0.717, 1.165) is 117 Å². The van der Waals surface area contributed by atoms with E-state index in [1.807, 2.05) is 54.6 Å². The first-order valence-electron chi connectivity index (χ1n) is 23.6. The van der Waals surface area contributed by atoms with Crippen LogP contribution in [0.1, 0.15) is 55.6 Å². The summed E-state index contributed by atoms with van der Waals surface area (Å²) >= 11 is 0. The third-order valence-electron chi connectivity index (χ3n) is 14.9. The molecule has 2 atom stereocenters. The molecule has 2 aliphatic rings. The van der Waals surface area contributed by atoms with Crippen molar-refractivity contribution < 1.29 is 13.2 Å². The van der Waals surface area contributed by atoms with E-state index in [4.69, 9.17) is 4.42 Å². The number of furan rings is 1. The summed E-state index contributed by atoms with van der Waals surface area (Å²) < 4.78 is 38.4. The number of halogens is 2. The van der Waals surface area contributed by atoms with Gasteiger partial charge in [-0.25, -0.2) is 8.78 Å². The van der Waals surface area contributed by atoms with Crippen LogP contribution in [0.2, 0.25) is 0 Å². The predicted molar refractivity (Wildman–Crippen MR) is 283 cm³/mol. The molecule has 13 rings (SSSR count). The maximum atomic E-state index is 15.8. The number of hydrogen-bond acceptors (Lipinski definition) is 2. The van der Waals surface area contributed by atoms with Crippen molar-refractivity contribution >= 4 is 51.2 Å². The fraction of sp³-hybridized carbons (Fsp3) is 0.0303. The fourth-order valence-corrected chi connectivity index (χ4v) is 11.9. The van der Waals surface area contributed by atoms with Gasteiger partial charge in [-0.1, -0.05) is 189 Å². The van der Waals surface area contributed by atoms with Crippen LogP contribution in [0.25, 0.3) is 56.3 Å². The zero-order valence-electron chi connectivity index (χ0n) is 38.0. The summed E-state index contributed by atoms with van der Waals surface area (Å²) in [5.74, 6) is -0.611. The molecule has 0 amide bonds. The maximum Gasteiger partial charge on any atom is 0.159 e. The van der Waals surface area contributed by atoms with Crippen molar-refractivity contribution in [3.05, 3.63) is 305 Å². The Labute approximate surface area is 405 Å². The minimum atomic E-state index is -0.898. The zero-order chi connectivity index (χ0) is 47.1. The summed E-state index contributed by atoms with van der Waals surface area (Å²) in [6.07, 6.45) is 3.69. The van der Waals surface area contributed by atoms with Crippen molar-refractivity contribution in [1.82, 2.24) is 0 Å². The second kappa shape index (κ2) is 15.9. The molecule has 0 aliphatic heterocycles. The first-order valence-corrected chi connectivity index (χ1v) is 23.6. The number of anilines is 3. The van der Waals surface area contributed by atoms with Crippen LogP contribution in [0.3, 0.4) is 0 Å². The van der Waals surface area contributed by atoms with Gasteiger partial charge in [-0.05, 0) is 139 Å². The van der Waals surface area contributed by atoms with Crippen LogP contribution in [0.5, 0.6) is 0 Å². The molecule has 11 aromatic rings. The summed E-state index contributed by atoms with van der Waals surface area (Å²) in [6.45, 7) is 8.09. The quantitative estimate of drug-likeness (QED) is 0.143. The Kier molecular flexibility index (Phi) is 9.37. The smallest absolute Gasteiger partial charge is 0.159 e. The summed E-state index contributed by atoms with van der Waals surface area (Å²) in [4.78, 5) is 2.30.